The molecule has 0 bridgehead atoms. The van der Waals surface area contributed by atoms with Gasteiger partial charge in [-0.3, -0.25) is 0 Å². The zero-order valence-electron chi connectivity index (χ0n) is 11.2. The minimum atomic E-state index is -0.793. The van der Waals surface area contributed by atoms with Gasteiger partial charge in [0.15, 0.2) is 6.54 Å². The smallest absolute Gasteiger partial charge is 0.346 e. The predicted octanol–water partition coefficient (Wildman–Crippen LogP) is 1.93. The molecule has 2 unspecified atom stereocenters. The molecule has 1 aliphatic rings. The van der Waals surface area contributed by atoms with Crippen LogP contribution < -0.4 is 4.57 Å². The van der Waals surface area contributed by atoms with Gasteiger partial charge in [-0.1, -0.05) is 13.8 Å². The van der Waals surface area contributed by atoms with Gasteiger partial charge in [-0.2, -0.15) is 0 Å². The van der Waals surface area contributed by atoms with Gasteiger partial charge < -0.3 is 5.11 Å². The van der Waals surface area contributed by atoms with E-state index in [0.29, 0.717) is 0 Å². The van der Waals surface area contributed by atoms with Crippen molar-refractivity contribution >= 4 is 5.97 Å². The van der Waals surface area contributed by atoms with E-state index in [1.165, 1.54) is 19.3 Å². The summed E-state index contributed by atoms with van der Waals surface area (Å²) in [5.41, 5.74) is 0. The molecule has 1 N–H and O–H groups in total. The van der Waals surface area contributed by atoms with Gasteiger partial charge in [0.1, 0.15) is 12.4 Å². The molecular formula is C14H23N2O2+. The second kappa shape index (κ2) is 5.55. The first-order chi connectivity index (χ1) is 8.54. The Bertz CT molecular complexity index is 412. The van der Waals surface area contributed by atoms with Crippen LogP contribution in [0, 0.1) is 17.8 Å². The topological polar surface area (TPSA) is 46.1 Å². The Morgan fingerprint density at radius 3 is 2.89 bits per heavy atom. The van der Waals surface area contributed by atoms with Gasteiger partial charge >= 0.3 is 5.97 Å². The average molecular weight is 251 g/mol. The lowest BCUT2D eigenvalue weighted by molar-refractivity contribution is -0.685. The summed E-state index contributed by atoms with van der Waals surface area (Å²) in [4.78, 5) is 10.6. The first-order valence-electron chi connectivity index (χ1n) is 6.81. The van der Waals surface area contributed by atoms with Crippen LogP contribution in [-0.4, -0.2) is 15.6 Å². The van der Waals surface area contributed by atoms with E-state index in [2.05, 4.69) is 18.4 Å². The number of rotatable bonds is 5. The van der Waals surface area contributed by atoms with Gasteiger partial charge in [-0.05, 0) is 37.0 Å². The van der Waals surface area contributed by atoms with Crippen LogP contribution in [0.4, 0.5) is 0 Å². The average Bonchev–Trinajstić information content (AvgIpc) is 2.88. The predicted molar refractivity (Wildman–Crippen MR) is 67.9 cm³/mol. The summed E-state index contributed by atoms with van der Waals surface area (Å²) < 4.78 is 3.84. The van der Waals surface area contributed by atoms with Crippen LogP contribution in [0.15, 0.2) is 18.7 Å². The third-order valence-corrected chi connectivity index (χ3v) is 4.06. The standard InChI is InChI=1S/C14H22N2O2/c1-11(2)13-4-3-12(7-13)8-15-5-6-16(10-15)9-14(17)18/h5-6,10-13H,3-4,7-9H2,1-2H3/p+1. The summed E-state index contributed by atoms with van der Waals surface area (Å²) in [6.45, 7) is 5.69. The fourth-order valence-electron chi connectivity index (χ4n) is 2.98. The van der Waals surface area contributed by atoms with Crippen molar-refractivity contribution in [2.45, 2.75) is 46.2 Å². The first-order valence-corrected chi connectivity index (χ1v) is 6.81. The second-order valence-corrected chi connectivity index (χ2v) is 5.86. The third kappa shape index (κ3) is 3.34. The monoisotopic (exact) mass is 251 g/mol. The summed E-state index contributed by atoms with van der Waals surface area (Å²) in [6.07, 6.45) is 9.68. The van der Waals surface area contributed by atoms with Crippen LogP contribution in [0.1, 0.15) is 33.1 Å². The second-order valence-electron chi connectivity index (χ2n) is 5.86. The summed E-state index contributed by atoms with van der Waals surface area (Å²) >= 11 is 0. The van der Waals surface area contributed by atoms with Crippen molar-refractivity contribution in [3.05, 3.63) is 18.7 Å². The summed E-state index contributed by atoms with van der Waals surface area (Å²) in [6, 6.07) is 0. The van der Waals surface area contributed by atoms with Gasteiger partial charge in [0.25, 0.3) is 0 Å². The Morgan fingerprint density at radius 2 is 2.28 bits per heavy atom. The number of aliphatic carboxylic acids is 1. The molecule has 0 aliphatic heterocycles. The fourth-order valence-corrected chi connectivity index (χ4v) is 2.98. The summed E-state index contributed by atoms with van der Waals surface area (Å²) in [5, 5.41) is 8.73. The lowest BCUT2D eigenvalue weighted by Gasteiger charge is -2.13. The Labute approximate surface area is 108 Å². The molecule has 1 heterocycles. The molecule has 1 aliphatic carbocycles. The molecule has 18 heavy (non-hydrogen) atoms. The molecule has 4 heteroatoms. The lowest BCUT2D eigenvalue weighted by atomic mass is 9.93. The normalized spacial score (nSPS) is 23.7. The van der Waals surface area contributed by atoms with Crippen molar-refractivity contribution in [1.82, 2.24) is 4.57 Å². The molecular weight excluding hydrogens is 228 g/mol. The molecule has 1 fully saturated rings. The first kappa shape index (κ1) is 13.1. The quantitative estimate of drug-likeness (QED) is 0.813. The Morgan fingerprint density at radius 1 is 1.50 bits per heavy atom. The van der Waals surface area contributed by atoms with Crippen molar-refractivity contribution in [2.24, 2.45) is 17.8 Å². The molecule has 1 aromatic rings. The van der Waals surface area contributed by atoms with Crippen molar-refractivity contribution in [1.29, 1.82) is 0 Å². The number of hydrogen-bond donors (Lipinski definition) is 1. The van der Waals surface area contributed by atoms with Gasteiger partial charge in [-0.15, -0.1) is 0 Å². The van der Waals surface area contributed by atoms with Crippen molar-refractivity contribution in [3.8, 4) is 0 Å². The highest BCUT2D eigenvalue weighted by molar-refractivity contribution is 5.64. The number of carboxylic acid groups (broad SMARTS) is 1. The van der Waals surface area contributed by atoms with E-state index in [9.17, 15) is 4.79 Å². The molecule has 0 saturated heterocycles. The molecule has 4 nitrogen and oxygen atoms in total. The third-order valence-electron chi connectivity index (χ3n) is 4.06. The Hall–Kier alpha value is -1.32. The maximum absolute atomic E-state index is 10.6. The number of imidazole rings is 1. The van der Waals surface area contributed by atoms with Gasteiger partial charge in [-0.25, -0.2) is 13.9 Å². The van der Waals surface area contributed by atoms with E-state index in [1.54, 1.807) is 4.57 Å². The molecule has 100 valence electrons. The molecule has 2 rings (SSSR count). The lowest BCUT2D eigenvalue weighted by Crippen LogP contribution is -2.35. The SMILES string of the molecule is CC(C)C1CCC(Cn2cc[n+](CC(=O)O)c2)C1. The maximum atomic E-state index is 10.6. The van der Waals surface area contributed by atoms with E-state index >= 15 is 0 Å². The van der Waals surface area contributed by atoms with Crippen LogP contribution >= 0.6 is 0 Å². The number of hydrogen-bond acceptors (Lipinski definition) is 1. The fraction of sp³-hybridized carbons (Fsp3) is 0.714. The number of carbonyl (C=O) groups is 1. The van der Waals surface area contributed by atoms with Crippen LogP contribution in [0.5, 0.6) is 0 Å². The molecule has 1 aromatic heterocycles. The van der Waals surface area contributed by atoms with Crippen LogP contribution in [-0.2, 0) is 17.9 Å². The van der Waals surface area contributed by atoms with E-state index in [4.69, 9.17) is 5.11 Å². The Balaban J connectivity index is 1.87. The van der Waals surface area contributed by atoms with E-state index in [1.807, 2.05) is 18.7 Å². The van der Waals surface area contributed by atoms with Crippen molar-refractivity contribution in [2.75, 3.05) is 0 Å². The largest absolute Gasteiger partial charge is 0.478 e. The van der Waals surface area contributed by atoms with Gasteiger partial charge in [0.05, 0.1) is 6.54 Å². The highest BCUT2D eigenvalue weighted by atomic mass is 16.4. The van der Waals surface area contributed by atoms with Crippen LogP contribution in [0.25, 0.3) is 0 Å². The maximum Gasteiger partial charge on any atom is 0.346 e. The molecule has 0 aromatic carbocycles. The summed E-state index contributed by atoms with van der Waals surface area (Å²) in [7, 11) is 0. The number of nitrogens with zero attached hydrogens (tertiary/aromatic N) is 2. The van der Waals surface area contributed by atoms with Gasteiger partial charge in [0, 0.05) is 0 Å². The highest BCUT2D eigenvalue weighted by Gasteiger charge is 2.28. The molecule has 0 amide bonds. The highest BCUT2D eigenvalue weighted by Crippen LogP contribution is 2.36. The number of aromatic nitrogens is 2. The van der Waals surface area contributed by atoms with E-state index in [-0.39, 0.29) is 6.54 Å². The minimum Gasteiger partial charge on any atom is -0.478 e. The minimum absolute atomic E-state index is 0.0479. The molecule has 0 radical (unpaired) electrons. The molecule has 1 saturated carbocycles. The summed E-state index contributed by atoms with van der Waals surface area (Å²) in [5.74, 6) is 1.62. The Kier molecular flexibility index (Phi) is 4.04. The van der Waals surface area contributed by atoms with Gasteiger partial charge in [0.2, 0.25) is 6.33 Å². The number of carboxylic acids is 1. The zero-order valence-corrected chi connectivity index (χ0v) is 11.2. The van der Waals surface area contributed by atoms with Crippen molar-refractivity contribution in [3.63, 3.8) is 0 Å². The molecule has 2 atom stereocenters. The van der Waals surface area contributed by atoms with E-state index in [0.717, 1.165) is 24.3 Å². The molecule has 0 spiro atoms. The van der Waals surface area contributed by atoms with Crippen molar-refractivity contribution < 1.29 is 14.5 Å². The zero-order chi connectivity index (χ0) is 13.1. The van der Waals surface area contributed by atoms with Crippen LogP contribution in [0.3, 0.4) is 0 Å². The van der Waals surface area contributed by atoms with Crippen LogP contribution in [0.2, 0.25) is 0 Å². The van der Waals surface area contributed by atoms with E-state index < -0.39 is 5.97 Å².